The summed E-state index contributed by atoms with van der Waals surface area (Å²) in [5, 5.41) is 10.9. The minimum absolute atomic E-state index is 0.338. The monoisotopic (exact) mass is 320 g/mol. The summed E-state index contributed by atoms with van der Waals surface area (Å²) in [5.41, 5.74) is 2.20. The normalized spacial score (nSPS) is 22.4. The molecule has 0 spiro atoms. The van der Waals surface area contributed by atoms with Crippen molar-refractivity contribution in [2.45, 2.75) is 32.8 Å². The van der Waals surface area contributed by atoms with E-state index in [-0.39, 0.29) is 0 Å². The molecule has 0 saturated heterocycles. The standard InChI is InChI=1S/C18H24O5/c1-7-8-11-10(2)14(21-4)12-9-18(3,17(20)23-6)16(19)13(12)15(11)22-5/h7,16,19H,1,8-9H2,2-6H3. The fourth-order valence-corrected chi connectivity index (χ4v) is 3.52. The third kappa shape index (κ3) is 2.39. The first kappa shape index (κ1) is 17.3. The van der Waals surface area contributed by atoms with Crippen LogP contribution in [0.4, 0.5) is 0 Å². The van der Waals surface area contributed by atoms with Crippen LogP contribution in [-0.2, 0) is 22.4 Å². The average Bonchev–Trinajstić information content (AvgIpc) is 2.81. The molecule has 1 N–H and O–H groups in total. The summed E-state index contributed by atoms with van der Waals surface area (Å²) in [6.45, 7) is 7.42. The van der Waals surface area contributed by atoms with Gasteiger partial charge in [-0.05, 0) is 32.3 Å². The molecule has 5 heteroatoms. The van der Waals surface area contributed by atoms with E-state index < -0.39 is 17.5 Å². The maximum absolute atomic E-state index is 12.2. The number of carbonyl (C=O) groups excluding carboxylic acids is 1. The summed E-state index contributed by atoms with van der Waals surface area (Å²) < 4.78 is 16.1. The second-order valence-corrected chi connectivity index (χ2v) is 6.04. The molecule has 23 heavy (non-hydrogen) atoms. The summed E-state index contributed by atoms with van der Waals surface area (Å²) in [7, 11) is 4.48. The maximum atomic E-state index is 12.2. The fraction of sp³-hybridized carbons (Fsp3) is 0.500. The Balaban J connectivity index is 2.77. The van der Waals surface area contributed by atoms with Crippen molar-refractivity contribution in [1.82, 2.24) is 0 Å². The number of aliphatic hydroxyl groups is 1. The number of aliphatic hydroxyl groups excluding tert-OH is 1. The number of esters is 1. The lowest BCUT2D eigenvalue weighted by Gasteiger charge is -2.25. The molecule has 1 aliphatic rings. The van der Waals surface area contributed by atoms with Crippen LogP contribution in [0.25, 0.3) is 0 Å². The summed E-state index contributed by atoms with van der Waals surface area (Å²) in [6.07, 6.45) is 1.68. The molecule has 2 rings (SSSR count). The van der Waals surface area contributed by atoms with Crippen molar-refractivity contribution in [1.29, 1.82) is 0 Å². The van der Waals surface area contributed by atoms with Crippen LogP contribution in [0.15, 0.2) is 12.7 Å². The molecule has 1 aromatic rings. The van der Waals surface area contributed by atoms with Gasteiger partial charge in [0.05, 0.1) is 32.8 Å². The molecule has 0 radical (unpaired) electrons. The largest absolute Gasteiger partial charge is 0.496 e. The van der Waals surface area contributed by atoms with E-state index in [1.807, 2.05) is 6.92 Å². The first-order chi connectivity index (χ1) is 10.9. The number of fused-ring (bicyclic) bond motifs is 1. The van der Waals surface area contributed by atoms with Gasteiger partial charge in [0.2, 0.25) is 0 Å². The van der Waals surface area contributed by atoms with Gasteiger partial charge in [0, 0.05) is 16.7 Å². The second kappa shape index (κ2) is 6.24. The van der Waals surface area contributed by atoms with E-state index in [0.29, 0.717) is 29.9 Å². The molecule has 0 aromatic heterocycles. The molecule has 5 nitrogen and oxygen atoms in total. The lowest BCUT2D eigenvalue weighted by Crippen LogP contribution is -2.33. The lowest BCUT2D eigenvalue weighted by molar-refractivity contribution is -0.158. The van der Waals surface area contributed by atoms with Gasteiger partial charge >= 0.3 is 5.97 Å². The number of allylic oxidation sites excluding steroid dienone is 1. The van der Waals surface area contributed by atoms with E-state index in [1.54, 1.807) is 27.2 Å². The van der Waals surface area contributed by atoms with Crippen molar-refractivity contribution in [2.24, 2.45) is 5.41 Å². The summed E-state index contributed by atoms with van der Waals surface area (Å²) in [4.78, 5) is 12.2. The number of methoxy groups -OCH3 is 3. The van der Waals surface area contributed by atoms with Crippen LogP contribution in [-0.4, -0.2) is 32.4 Å². The lowest BCUT2D eigenvalue weighted by atomic mass is 9.85. The molecular weight excluding hydrogens is 296 g/mol. The zero-order valence-electron chi connectivity index (χ0n) is 14.4. The van der Waals surface area contributed by atoms with E-state index >= 15 is 0 Å². The number of carbonyl (C=O) groups is 1. The minimum Gasteiger partial charge on any atom is -0.496 e. The number of benzene rings is 1. The molecule has 2 atom stereocenters. The van der Waals surface area contributed by atoms with Crippen molar-refractivity contribution in [3.63, 3.8) is 0 Å². The third-order valence-electron chi connectivity index (χ3n) is 4.74. The van der Waals surface area contributed by atoms with Gasteiger partial charge in [0.15, 0.2) is 0 Å². The zero-order valence-corrected chi connectivity index (χ0v) is 14.4. The van der Waals surface area contributed by atoms with Crippen LogP contribution in [0.3, 0.4) is 0 Å². The molecule has 2 unspecified atom stereocenters. The first-order valence-electron chi connectivity index (χ1n) is 7.50. The molecular formula is C18H24O5. The van der Waals surface area contributed by atoms with Gasteiger partial charge in [-0.1, -0.05) is 6.08 Å². The van der Waals surface area contributed by atoms with Crippen molar-refractivity contribution < 1.29 is 24.1 Å². The molecule has 1 aliphatic carbocycles. The highest BCUT2D eigenvalue weighted by molar-refractivity contribution is 5.81. The Bertz CT molecular complexity index is 650. The maximum Gasteiger partial charge on any atom is 0.314 e. The Kier molecular flexibility index (Phi) is 4.71. The molecule has 0 amide bonds. The van der Waals surface area contributed by atoms with E-state index in [4.69, 9.17) is 14.2 Å². The highest BCUT2D eigenvalue weighted by Gasteiger charge is 2.51. The van der Waals surface area contributed by atoms with Gasteiger partial charge in [-0.15, -0.1) is 6.58 Å². The Morgan fingerprint density at radius 2 is 1.96 bits per heavy atom. The van der Waals surface area contributed by atoms with Crippen molar-refractivity contribution in [2.75, 3.05) is 21.3 Å². The quantitative estimate of drug-likeness (QED) is 0.667. The van der Waals surface area contributed by atoms with Crippen LogP contribution in [0.2, 0.25) is 0 Å². The van der Waals surface area contributed by atoms with Gasteiger partial charge in [-0.2, -0.15) is 0 Å². The molecule has 126 valence electrons. The van der Waals surface area contributed by atoms with Crippen LogP contribution in [0.5, 0.6) is 11.5 Å². The van der Waals surface area contributed by atoms with Crippen molar-refractivity contribution in [3.05, 3.63) is 34.9 Å². The minimum atomic E-state index is -1.06. The molecule has 0 saturated carbocycles. The van der Waals surface area contributed by atoms with Crippen LogP contribution in [0, 0.1) is 12.3 Å². The Morgan fingerprint density at radius 3 is 2.43 bits per heavy atom. The van der Waals surface area contributed by atoms with Gasteiger partial charge in [-0.3, -0.25) is 4.79 Å². The number of rotatable bonds is 5. The molecule has 0 heterocycles. The van der Waals surface area contributed by atoms with Gasteiger partial charge in [-0.25, -0.2) is 0 Å². The van der Waals surface area contributed by atoms with E-state index in [0.717, 1.165) is 16.7 Å². The van der Waals surface area contributed by atoms with E-state index in [9.17, 15) is 9.90 Å². The van der Waals surface area contributed by atoms with Crippen LogP contribution >= 0.6 is 0 Å². The number of ether oxygens (including phenoxy) is 3. The molecule has 0 aliphatic heterocycles. The zero-order chi connectivity index (χ0) is 17.4. The summed E-state index contributed by atoms with van der Waals surface area (Å²) in [5.74, 6) is 0.830. The van der Waals surface area contributed by atoms with Crippen molar-refractivity contribution in [3.8, 4) is 11.5 Å². The fourth-order valence-electron chi connectivity index (χ4n) is 3.52. The third-order valence-corrected chi connectivity index (χ3v) is 4.74. The topological polar surface area (TPSA) is 65.0 Å². The summed E-state index contributed by atoms with van der Waals surface area (Å²) >= 11 is 0. The van der Waals surface area contributed by atoms with Gasteiger partial charge in [0.1, 0.15) is 11.5 Å². The van der Waals surface area contributed by atoms with Gasteiger partial charge < -0.3 is 19.3 Å². The Labute approximate surface area is 136 Å². The highest BCUT2D eigenvalue weighted by atomic mass is 16.5. The molecule has 0 fully saturated rings. The number of hydrogen-bond donors (Lipinski definition) is 1. The average molecular weight is 320 g/mol. The van der Waals surface area contributed by atoms with Crippen LogP contribution < -0.4 is 9.47 Å². The Hall–Kier alpha value is -2.01. The highest BCUT2D eigenvalue weighted by Crippen LogP contribution is 2.55. The number of hydrogen-bond acceptors (Lipinski definition) is 5. The van der Waals surface area contributed by atoms with Gasteiger partial charge in [0.25, 0.3) is 0 Å². The smallest absolute Gasteiger partial charge is 0.314 e. The second-order valence-electron chi connectivity index (χ2n) is 6.04. The SMILES string of the molecule is C=CCc1c(C)c(OC)c2c(c1OC)C(O)C(C)(C(=O)OC)C2. The summed E-state index contributed by atoms with van der Waals surface area (Å²) in [6, 6.07) is 0. The predicted octanol–water partition coefficient (Wildman–Crippen LogP) is 2.51. The van der Waals surface area contributed by atoms with Crippen LogP contribution in [0.1, 0.15) is 35.3 Å². The molecule has 1 aromatic carbocycles. The van der Waals surface area contributed by atoms with E-state index in [1.165, 1.54) is 7.11 Å². The first-order valence-corrected chi connectivity index (χ1v) is 7.50. The van der Waals surface area contributed by atoms with E-state index in [2.05, 4.69) is 6.58 Å². The van der Waals surface area contributed by atoms with Crippen molar-refractivity contribution >= 4 is 5.97 Å². The molecule has 0 bridgehead atoms. The predicted molar refractivity (Wildman–Crippen MR) is 87.0 cm³/mol. The Morgan fingerprint density at radius 1 is 1.35 bits per heavy atom.